The Morgan fingerprint density at radius 3 is 2.25 bits per heavy atom. The van der Waals surface area contributed by atoms with E-state index >= 15 is 0 Å². The summed E-state index contributed by atoms with van der Waals surface area (Å²) in [6.07, 6.45) is 6.15. The zero-order chi connectivity index (χ0) is 9.80. The molecule has 1 aliphatic rings. The van der Waals surface area contributed by atoms with Crippen molar-refractivity contribution in [3.63, 3.8) is 0 Å². The highest BCUT2D eigenvalue weighted by Gasteiger charge is 2.17. The Bertz CT molecular complexity index is 274. The molecule has 1 aromatic heterocycles. The minimum Gasteiger partial charge on any atom is -0.371 e. The van der Waals surface area contributed by atoms with Crippen molar-refractivity contribution in [3.8, 4) is 0 Å². The maximum absolute atomic E-state index is 5.66. The summed E-state index contributed by atoms with van der Waals surface area (Å²) >= 11 is 0. The molecule has 1 saturated heterocycles. The van der Waals surface area contributed by atoms with E-state index in [4.69, 9.17) is 5.73 Å². The van der Waals surface area contributed by atoms with Gasteiger partial charge in [-0.1, -0.05) is 0 Å². The fourth-order valence-corrected chi connectivity index (χ4v) is 1.98. The summed E-state index contributed by atoms with van der Waals surface area (Å²) in [7, 11) is 0. The van der Waals surface area contributed by atoms with Crippen LogP contribution in [-0.2, 0) is 0 Å². The van der Waals surface area contributed by atoms with Gasteiger partial charge in [-0.3, -0.25) is 4.98 Å². The smallest absolute Gasteiger partial charge is 0.0397 e. The number of hydrogen-bond donors (Lipinski definition) is 1. The van der Waals surface area contributed by atoms with Crippen molar-refractivity contribution >= 4 is 30.5 Å². The van der Waals surface area contributed by atoms with E-state index in [0.29, 0.717) is 0 Å². The van der Waals surface area contributed by atoms with E-state index in [1.165, 1.54) is 18.5 Å². The molecule has 0 aromatic carbocycles. The Kier molecular flexibility index (Phi) is 7.47. The van der Waals surface area contributed by atoms with Gasteiger partial charge in [0.05, 0.1) is 0 Å². The molecule has 0 aliphatic carbocycles. The summed E-state index contributed by atoms with van der Waals surface area (Å²) in [6, 6.07) is 4.14. The monoisotopic (exact) mass is 263 g/mol. The molecule has 0 amide bonds. The summed E-state index contributed by atoms with van der Waals surface area (Å²) in [5, 5.41) is 0. The van der Waals surface area contributed by atoms with Crippen LogP contribution in [0.15, 0.2) is 24.5 Å². The Hall–Kier alpha value is -0.510. The van der Waals surface area contributed by atoms with Crippen LogP contribution in [-0.4, -0.2) is 24.6 Å². The Balaban J connectivity index is 0.00000112. The normalized spacial score (nSPS) is 16.2. The van der Waals surface area contributed by atoms with E-state index in [2.05, 4.69) is 22.0 Å². The van der Waals surface area contributed by atoms with E-state index in [1.807, 2.05) is 12.4 Å². The van der Waals surface area contributed by atoms with Crippen molar-refractivity contribution < 1.29 is 0 Å². The van der Waals surface area contributed by atoms with Crippen LogP contribution >= 0.6 is 24.8 Å². The van der Waals surface area contributed by atoms with Crippen LogP contribution in [0.2, 0.25) is 0 Å². The van der Waals surface area contributed by atoms with Crippen LogP contribution in [0.5, 0.6) is 0 Å². The highest BCUT2D eigenvalue weighted by molar-refractivity contribution is 5.85. The second-order valence-electron chi connectivity index (χ2n) is 3.87. The predicted octanol–water partition coefficient (Wildman–Crippen LogP) is 2.10. The lowest BCUT2D eigenvalue weighted by molar-refractivity contribution is 0.414. The molecule has 2 heterocycles. The van der Waals surface area contributed by atoms with E-state index in [1.54, 1.807) is 0 Å². The van der Waals surface area contributed by atoms with Crippen molar-refractivity contribution in [1.82, 2.24) is 4.98 Å². The van der Waals surface area contributed by atoms with Gasteiger partial charge in [-0.2, -0.15) is 0 Å². The highest BCUT2D eigenvalue weighted by Crippen LogP contribution is 2.21. The molecule has 1 aliphatic heterocycles. The first kappa shape index (κ1) is 15.5. The van der Waals surface area contributed by atoms with Crippen molar-refractivity contribution in [2.75, 3.05) is 24.5 Å². The van der Waals surface area contributed by atoms with Gasteiger partial charge in [-0.05, 0) is 37.4 Å². The zero-order valence-electron chi connectivity index (χ0n) is 9.21. The van der Waals surface area contributed by atoms with Gasteiger partial charge >= 0.3 is 0 Å². The maximum atomic E-state index is 5.66. The first-order valence-corrected chi connectivity index (χ1v) is 5.25. The number of rotatable bonds is 2. The standard InChI is InChI=1S/C11H17N3.2ClH/c12-9-10-3-7-14(8-4-10)11-1-5-13-6-2-11;;/h1-2,5-6,10H,3-4,7-9,12H2;2*1H. The summed E-state index contributed by atoms with van der Waals surface area (Å²) in [5.41, 5.74) is 6.95. The van der Waals surface area contributed by atoms with Crippen molar-refractivity contribution in [1.29, 1.82) is 0 Å². The summed E-state index contributed by atoms with van der Waals surface area (Å²) in [6.45, 7) is 3.10. The van der Waals surface area contributed by atoms with Gasteiger partial charge < -0.3 is 10.6 Å². The Morgan fingerprint density at radius 2 is 1.75 bits per heavy atom. The van der Waals surface area contributed by atoms with Crippen LogP contribution in [0.4, 0.5) is 5.69 Å². The van der Waals surface area contributed by atoms with Crippen molar-refractivity contribution in [2.24, 2.45) is 11.7 Å². The lowest BCUT2D eigenvalue weighted by atomic mass is 9.97. The molecule has 1 fully saturated rings. The number of hydrogen-bond acceptors (Lipinski definition) is 3. The van der Waals surface area contributed by atoms with Gasteiger partial charge in [-0.15, -0.1) is 24.8 Å². The van der Waals surface area contributed by atoms with E-state index in [-0.39, 0.29) is 24.8 Å². The highest BCUT2D eigenvalue weighted by atomic mass is 35.5. The largest absolute Gasteiger partial charge is 0.371 e. The number of nitrogens with zero attached hydrogens (tertiary/aromatic N) is 2. The van der Waals surface area contributed by atoms with Gasteiger partial charge in [0, 0.05) is 31.2 Å². The van der Waals surface area contributed by atoms with Crippen LogP contribution in [0, 0.1) is 5.92 Å². The van der Waals surface area contributed by atoms with Gasteiger partial charge in [0.2, 0.25) is 0 Å². The average molecular weight is 264 g/mol. The molecule has 0 bridgehead atoms. The SMILES string of the molecule is Cl.Cl.NCC1CCN(c2ccncc2)CC1. The average Bonchev–Trinajstić information content (AvgIpc) is 2.30. The van der Waals surface area contributed by atoms with Gasteiger partial charge in [0.15, 0.2) is 0 Å². The molecule has 2 N–H and O–H groups in total. The van der Waals surface area contributed by atoms with Crippen LogP contribution in [0.25, 0.3) is 0 Å². The Morgan fingerprint density at radius 1 is 1.19 bits per heavy atom. The molecule has 0 radical (unpaired) electrons. The van der Waals surface area contributed by atoms with E-state index < -0.39 is 0 Å². The second-order valence-corrected chi connectivity index (χ2v) is 3.87. The van der Waals surface area contributed by atoms with Gasteiger partial charge in [0.1, 0.15) is 0 Å². The summed E-state index contributed by atoms with van der Waals surface area (Å²) in [4.78, 5) is 6.44. The predicted molar refractivity (Wildman–Crippen MR) is 72.7 cm³/mol. The second kappa shape index (κ2) is 7.71. The zero-order valence-corrected chi connectivity index (χ0v) is 10.8. The number of halogens is 2. The molecule has 0 unspecified atom stereocenters. The fourth-order valence-electron chi connectivity index (χ4n) is 1.98. The number of anilines is 1. The summed E-state index contributed by atoms with van der Waals surface area (Å²) < 4.78 is 0. The molecule has 0 atom stereocenters. The molecule has 92 valence electrons. The quantitative estimate of drug-likeness (QED) is 0.889. The van der Waals surface area contributed by atoms with E-state index in [9.17, 15) is 0 Å². The summed E-state index contributed by atoms with van der Waals surface area (Å²) in [5.74, 6) is 0.730. The molecule has 2 rings (SSSR count). The van der Waals surface area contributed by atoms with E-state index in [0.717, 1.165) is 25.6 Å². The molecule has 0 spiro atoms. The third-order valence-electron chi connectivity index (χ3n) is 2.98. The number of piperidine rings is 1. The minimum absolute atomic E-state index is 0. The number of aromatic nitrogens is 1. The molecule has 0 saturated carbocycles. The molecular weight excluding hydrogens is 245 g/mol. The van der Waals surface area contributed by atoms with Crippen LogP contribution < -0.4 is 10.6 Å². The van der Waals surface area contributed by atoms with Gasteiger partial charge in [-0.25, -0.2) is 0 Å². The maximum Gasteiger partial charge on any atom is 0.0397 e. The third kappa shape index (κ3) is 3.81. The first-order chi connectivity index (χ1) is 6.90. The van der Waals surface area contributed by atoms with Crippen molar-refractivity contribution in [3.05, 3.63) is 24.5 Å². The fraction of sp³-hybridized carbons (Fsp3) is 0.545. The molecule has 1 aromatic rings. The lowest BCUT2D eigenvalue weighted by Gasteiger charge is -2.32. The first-order valence-electron chi connectivity index (χ1n) is 5.25. The van der Waals surface area contributed by atoms with Crippen LogP contribution in [0.3, 0.4) is 0 Å². The van der Waals surface area contributed by atoms with Gasteiger partial charge in [0.25, 0.3) is 0 Å². The number of nitrogens with two attached hydrogens (primary N) is 1. The van der Waals surface area contributed by atoms with Crippen molar-refractivity contribution in [2.45, 2.75) is 12.8 Å². The lowest BCUT2D eigenvalue weighted by Crippen LogP contribution is -2.35. The Labute approximate surface area is 109 Å². The number of pyridine rings is 1. The molecule has 16 heavy (non-hydrogen) atoms. The molecule has 5 heteroatoms. The topological polar surface area (TPSA) is 42.1 Å². The molecule has 3 nitrogen and oxygen atoms in total. The third-order valence-corrected chi connectivity index (χ3v) is 2.98. The minimum atomic E-state index is 0. The van der Waals surface area contributed by atoms with Crippen LogP contribution in [0.1, 0.15) is 12.8 Å². The molecular formula is C11H19Cl2N3.